The standard InChI is InChI=1S/C61H57BN2O/c1-38-32-54-58-55(33-38)64(45-27-28-49(61(8,9)10)47(37-45)40-16-12-11-13-17-40)53-30-24-43(60(5,6)7)36-51(53)62(58)50-35-42(59(2,3)4)23-29-52(50)63(54)44-25-20-39(21-26-44)41-22-31-57-48(34-41)46-18-14-15-19-56(46)65-57/h11-37H,1-10H3. The van der Waals surface area contributed by atoms with Crippen molar-refractivity contribution in [1.29, 1.82) is 0 Å². The van der Waals surface area contributed by atoms with Crippen LogP contribution >= 0.6 is 0 Å². The van der Waals surface area contributed by atoms with Gasteiger partial charge in [-0.1, -0.05) is 159 Å². The summed E-state index contributed by atoms with van der Waals surface area (Å²) >= 11 is 0. The Morgan fingerprint density at radius 1 is 0.415 bits per heavy atom. The first-order valence-corrected chi connectivity index (χ1v) is 23.3. The molecule has 0 radical (unpaired) electrons. The summed E-state index contributed by atoms with van der Waals surface area (Å²) in [4.78, 5) is 5.11. The molecule has 0 aliphatic carbocycles. The number of para-hydroxylation sites is 1. The molecule has 65 heavy (non-hydrogen) atoms. The van der Waals surface area contributed by atoms with Gasteiger partial charge in [0.05, 0.1) is 0 Å². The predicted molar refractivity (Wildman–Crippen MR) is 279 cm³/mol. The molecule has 0 amide bonds. The average molecular weight is 845 g/mol. The van der Waals surface area contributed by atoms with Crippen LogP contribution in [0.5, 0.6) is 0 Å². The van der Waals surface area contributed by atoms with E-state index in [1.54, 1.807) is 0 Å². The molecule has 3 heterocycles. The molecule has 0 atom stereocenters. The molecule has 0 spiro atoms. The molecule has 0 saturated carbocycles. The summed E-state index contributed by atoms with van der Waals surface area (Å²) in [6.07, 6.45) is 0. The van der Waals surface area contributed by atoms with E-state index in [0.29, 0.717) is 0 Å². The van der Waals surface area contributed by atoms with E-state index in [4.69, 9.17) is 4.42 Å². The van der Waals surface area contributed by atoms with Crippen LogP contribution < -0.4 is 26.2 Å². The topological polar surface area (TPSA) is 19.6 Å². The van der Waals surface area contributed by atoms with Gasteiger partial charge in [0.15, 0.2) is 0 Å². The molecule has 0 saturated heterocycles. The van der Waals surface area contributed by atoms with Crippen LogP contribution in [0.3, 0.4) is 0 Å². The Bertz CT molecular complexity index is 3340. The molecular formula is C61H57BN2O. The summed E-state index contributed by atoms with van der Waals surface area (Å²) in [6, 6.07) is 61.6. The number of benzene rings is 8. The lowest BCUT2D eigenvalue weighted by molar-refractivity contribution is 0.590. The van der Waals surface area contributed by atoms with Gasteiger partial charge in [-0.3, -0.25) is 0 Å². The van der Waals surface area contributed by atoms with E-state index >= 15 is 0 Å². The molecule has 4 heteroatoms. The zero-order valence-corrected chi connectivity index (χ0v) is 39.5. The highest BCUT2D eigenvalue weighted by atomic mass is 16.3. The van der Waals surface area contributed by atoms with E-state index in [1.807, 2.05) is 12.1 Å². The van der Waals surface area contributed by atoms with E-state index in [9.17, 15) is 0 Å². The van der Waals surface area contributed by atoms with Crippen molar-refractivity contribution in [2.75, 3.05) is 9.80 Å². The SMILES string of the molecule is Cc1cc2c3c(c1)N(c1ccc(C(C)(C)C)c(-c4ccccc4)c1)c1ccc(C(C)(C)C)cc1B3c1cc(C(C)(C)C)ccc1N2c1ccc(-c2ccc3oc4ccccc4c3c2)cc1. The van der Waals surface area contributed by atoms with Gasteiger partial charge >= 0.3 is 0 Å². The third-order valence-corrected chi connectivity index (χ3v) is 13.9. The van der Waals surface area contributed by atoms with Gasteiger partial charge in [0.2, 0.25) is 0 Å². The summed E-state index contributed by atoms with van der Waals surface area (Å²) in [5.74, 6) is 0. The van der Waals surface area contributed by atoms with Gasteiger partial charge in [0.25, 0.3) is 6.71 Å². The second-order valence-corrected chi connectivity index (χ2v) is 21.6. The van der Waals surface area contributed by atoms with Crippen molar-refractivity contribution in [3.8, 4) is 22.3 Å². The maximum Gasteiger partial charge on any atom is 0.252 e. The van der Waals surface area contributed by atoms with Crippen molar-refractivity contribution in [2.45, 2.75) is 85.5 Å². The number of aryl methyl sites for hydroxylation is 1. The Morgan fingerprint density at radius 2 is 0.969 bits per heavy atom. The number of hydrogen-bond donors (Lipinski definition) is 0. The highest BCUT2D eigenvalue weighted by Gasteiger charge is 2.44. The third-order valence-electron chi connectivity index (χ3n) is 13.9. The van der Waals surface area contributed by atoms with Gasteiger partial charge < -0.3 is 14.2 Å². The highest BCUT2D eigenvalue weighted by molar-refractivity contribution is 7.00. The van der Waals surface area contributed by atoms with Gasteiger partial charge in [-0.15, -0.1) is 0 Å². The molecule has 3 nitrogen and oxygen atoms in total. The van der Waals surface area contributed by atoms with Crippen LogP contribution in [-0.4, -0.2) is 6.71 Å². The van der Waals surface area contributed by atoms with Crippen LogP contribution in [-0.2, 0) is 16.2 Å². The first-order chi connectivity index (χ1) is 31.0. The Morgan fingerprint density at radius 3 is 1.58 bits per heavy atom. The fourth-order valence-electron chi connectivity index (χ4n) is 10.5. The van der Waals surface area contributed by atoms with Crippen LogP contribution in [0.15, 0.2) is 168 Å². The molecule has 1 aromatic heterocycles. The highest BCUT2D eigenvalue weighted by Crippen LogP contribution is 2.47. The van der Waals surface area contributed by atoms with Crippen LogP contribution in [0.4, 0.5) is 34.1 Å². The second-order valence-electron chi connectivity index (χ2n) is 21.6. The molecule has 320 valence electrons. The minimum Gasteiger partial charge on any atom is -0.456 e. The molecule has 0 unspecified atom stereocenters. The molecule has 2 aliphatic rings. The van der Waals surface area contributed by atoms with Gasteiger partial charge in [-0.25, -0.2) is 0 Å². The fraction of sp³-hybridized carbons (Fsp3) is 0.213. The van der Waals surface area contributed by atoms with Crippen LogP contribution in [0.1, 0.15) is 84.6 Å². The molecule has 9 aromatic rings. The minimum atomic E-state index is -0.0381. The van der Waals surface area contributed by atoms with Crippen molar-refractivity contribution in [3.63, 3.8) is 0 Å². The van der Waals surface area contributed by atoms with Gasteiger partial charge in [-0.2, -0.15) is 0 Å². The van der Waals surface area contributed by atoms with E-state index < -0.39 is 0 Å². The summed E-state index contributed by atoms with van der Waals surface area (Å²) in [6.45, 7) is 23.3. The van der Waals surface area contributed by atoms with Crippen molar-refractivity contribution < 1.29 is 4.42 Å². The Labute approximate surface area is 385 Å². The number of hydrogen-bond acceptors (Lipinski definition) is 3. The van der Waals surface area contributed by atoms with Crippen LogP contribution in [0, 0.1) is 6.92 Å². The molecular weight excluding hydrogens is 787 g/mol. The number of nitrogens with zero attached hydrogens (tertiary/aromatic N) is 2. The Kier molecular flexibility index (Phi) is 9.22. The number of anilines is 6. The summed E-state index contributed by atoms with van der Waals surface area (Å²) < 4.78 is 6.19. The summed E-state index contributed by atoms with van der Waals surface area (Å²) in [5, 5.41) is 2.29. The molecule has 11 rings (SSSR count). The van der Waals surface area contributed by atoms with Gasteiger partial charge in [0, 0.05) is 44.9 Å². The lowest BCUT2D eigenvalue weighted by Crippen LogP contribution is -2.61. The first kappa shape index (κ1) is 41.0. The van der Waals surface area contributed by atoms with Gasteiger partial charge in [-0.05, 0) is 151 Å². The molecule has 2 aliphatic heterocycles. The average Bonchev–Trinajstić information content (AvgIpc) is 3.66. The number of furan rings is 1. The Hall–Kier alpha value is -6.78. The second kappa shape index (κ2) is 14.6. The molecule has 0 fully saturated rings. The van der Waals surface area contributed by atoms with Crippen LogP contribution in [0.2, 0.25) is 0 Å². The zero-order valence-electron chi connectivity index (χ0n) is 39.5. The fourth-order valence-corrected chi connectivity index (χ4v) is 10.5. The minimum absolute atomic E-state index is 0.0286. The first-order valence-electron chi connectivity index (χ1n) is 23.3. The molecule has 0 N–H and O–H groups in total. The number of rotatable bonds is 4. The monoisotopic (exact) mass is 844 g/mol. The van der Waals surface area contributed by atoms with Crippen molar-refractivity contribution in [3.05, 3.63) is 186 Å². The summed E-state index contributed by atoms with van der Waals surface area (Å²) in [5.41, 5.74) is 23.1. The smallest absolute Gasteiger partial charge is 0.252 e. The normalized spacial score (nSPS) is 13.6. The predicted octanol–water partition coefficient (Wildman–Crippen LogP) is 15.2. The lowest BCUT2D eigenvalue weighted by atomic mass is 9.33. The van der Waals surface area contributed by atoms with E-state index in [1.165, 1.54) is 89.3 Å². The molecule has 0 bridgehead atoms. The largest absolute Gasteiger partial charge is 0.456 e. The van der Waals surface area contributed by atoms with Crippen LogP contribution in [0.25, 0.3) is 44.2 Å². The van der Waals surface area contributed by atoms with Crippen molar-refractivity contribution in [2.24, 2.45) is 0 Å². The van der Waals surface area contributed by atoms with Crippen molar-refractivity contribution in [1.82, 2.24) is 0 Å². The lowest BCUT2D eigenvalue weighted by Gasteiger charge is -2.45. The van der Waals surface area contributed by atoms with E-state index in [2.05, 4.69) is 231 Å². The third kappa shape index (κ3) is 6.80. The zero-order chi connectivity index (χ0) is 45.2. The van der Waals surface area contributed by atoms with Crippen molar-refractivity contribution >= 4 is 79.2 Å². The van der Waals surface area contributed by atoms with Gasteiger partial charge in [0.1, 0.15) is 11.2 Å². The maximum atomic E-state index is 6.19. The van der Waals surface area contributed by atoms with E-state index in [0.717, 1.165) is 27.6 Å². The quantitative estimate of drug-likeness (QED) is 0.165. The summed E-state index contributed by atoms with van der Waals surface area (Å²) in [7, 11) is 0. The number of fused-ring (bicyclic) bond motifs is 7. The van der Waals surface area contributed by atoms with E-state index in [-0.39, 0.29) is 23.0 Å². The Balaban J connectivity index is 1.15. The maximum absolute atomic E-state index is 6.19. The molecule has 8 aromatic carbocycles.